The molecule has 8 saturated carbocycles. The Labute approximate surface area is 474 Å². The first-order valence-electron chi connectivity index (χ1n) is 27.7. The highest BCUT2D eigenvalue weighted by atomic mass is 32.2. The number of hydrogen-bond acceptors (Lipinski definition) is 24. The summed E-state index contributed by atoms with van der Waals surface area (Å²) >= 11 is 0. The molecule has 450 valence electrons. The number of esters is 9. The average Bonchev–Trinajstić information content (AvgIpc) is 1.99. The molecule has 5 aliphatic heterocycles. The molecule has 13 aliphatic rings. The fourth-order valence-corrected chi connectivity index (χ4v) is 18.3. The van der Waals surface area contributed by atoms with Crippen LogP contribution in [0.3, 0.4) is 0 Å². The van der Waals surface area contributed by atoms with Gasteiger partial charge >= 0.3 is 53.7 Å². The largest absolute Gasteiger partial charge is 0.465 e. The Hall–Kier alpha value is -5.99. The molecule has 10 bridgehead atoms. The lowest BCUT2D eigenvalue weighted by Gasteiger charge is -2.41. The second kappa shape index (κ2) is 23.6. The molecule has 0 aromatic rings. The van der Waals surface area contributed by atoms with Crippen LogP contribution in [-0.2, 0) is 114 Å². The molecule has 26 heteroatoms. The van der Waals surface area contributed by atoms with Crippen molar-refractivity contribution in [1.29, 1.82) is 0 Å². The van der Waals surface area contributed by atoms with Gasteiger partial charge in [-0.1, -0.05) is 26.3 Å². The molecule has 0 radical (unpaired) electrons. The molecule has 13 rings (SSSR count). The van der Waals surface area contributed by atoms with Crippen LogP contribution in [0.4, 0.5) is 0 Å². The number of ether oxygens (including phenoxy) is 9. The maximum absolute atomic E-state index is 12.0. The van der Waals surface area contributed by atoms with E-state index in [1.807, 2.05) is 0 Å². The van der Waals surface area contributed by atoms with Crippen molar-refractivity contribution in [2.24, 2.45) is 65.1 Å². The zero-order valence-corrected chi connectivity index (χ0v) is 47.9. The first kappa shape index (κ1) is 60.6. The minimum Gasteiger partial charge on any atom is -0.465 e. The van der Waals surface area contributed by atoms with Gasteiger partial charge in [-0.05, 0) is 111 Å². The van der Waals surface area contributed by atoms with E-state index in [2.05, 4.69) is 26.3 Å². The van der Waals surface area contributed by atoms with E-state index in [-0.39, 0.29) is 93.5 Å². The molecule has 0 aromatic carbocycles. The maximum Gasteiger partial charge on any atom is 0.347 e. The molecule has 82 heavy (non-hydrogen) atoms. The van der Waals surface area contributed by atoms with Crippen LogP contribution in [-0.4, -0.2) is 150 Å². The summed E-state index contributed by atoms with van der Waals surface area (Å²) in [5.74, 6) is -3.36. The van der Waals surface area contributed by atoms with Crippen LogP contribution in [0.15, 0.2) is 48.6 Å². The monoisotopic (exact) mass is 1190 g/mol. The van der Waals surface area contributed by atoms with Gasteiger partial charge in [0.25, 0.3) is 20.2 Å². The van der Waals surface area contributed by atoms with E-state index >= 15 is 0 Å². The van der Waals surface area contributed by atoms with E-state index in [1.54, 1.807) is 6.92 Å². The highest BCUT2D eigenvalue weighted by Gasteiger charge is 2.67. The van der Waals surface area contributed by atoms with E-state index in [9.17, 15) is 60.0 Å². The van der Waals surface area contributed by atoms with Crippen LogP contribution >= 0.6 is 0 Å². The summed E-state index contributed by atoms with van der Waals surface area (Å²) in [5.41, 5.74) is 0.977. The topological polar surface area (TPSA) is 323 Å². The maximum atomic E-state index is 12.0. The lowest BCUT2D eigenvalue weighted by atomic mass is 9.67. The van der Waals surface area contributed by atoms with E-state index in [0.717, 1.165) is 44.9 Å². The summed E-state index contributed by atoms with van der Waals surface area (Å²) in [6.07, 6.45) is 3.31. The predicted molar refractivity (Wildman–Crippen MR) is 277 cm³/mol. The van der Waals surface area contributed by atoms with Gasteiger partial charge in [-0.25, -0.2) is 33.6 Å². The SMILES string of the molecule is C=C(C)C(=O)OC(C)C(=O)OC1C2CC3C1OS(=O)(=O)C3C2.C=C(C)C(=O)OC1C2CC3C1OS(=O)(=O)C3C2.C=C(C)C(=O)OCC(=O)OC1C2CC3CC(C2)C(=O)OC1C3.C=C(C)C(=O)OCC(=O)OC1CC2CC1C1C(=O)OCC21. The molecule has 24 nitrogen and oxygen atoms in total. The van der Waals surface area contributed by atoms with Crippen molar-refractivity contribution in [3.63, 3.8) is 0 Å². The second-order valence-corrected chi connectivity index (χ2v) is 27.6. The Morgan fingerprint density at radius 1 is 0.537 bits per heavy atom. The lowest BCUT2D eigenvalue weighted by molar-refractivity contribution is -0.177. The Morgan fingerprint density at radius 3 is 1.60 bits per heavy atom. The van der Waals surface area contributed by atoms with Crippen LogP contribution in [0, 0.1) is 65.1 Å². The zero-order valence-electron chi connectivity index (χ0n) is 46.3. The summed E-state index contributed by atoms with van der Waals surface area (Å²) in [7, 11) is -6.97. The van der Waals surface area contributed by atoms with Gasteiger partial charge in [0.05, 0.1) is 28.9 Å². The summed E-state index contributed by atoms with van der Waals surface area (Å²) in [4.78, 5) is 105. The minimum atomic E-state index is -3.54. The number of cyclic esters (lactones) is 1. The Bertz CT molecular complexity index is 2950. The molecule has 21 unspecified atom stereocenters. The average molecular weight is 1190 g/mol. The zero-order chi connectivity index (χ0) is 59.6. The van der Waals surface area contributed by atoms with Crippen LogP contribution in [0.2, 0.25) is 0 Å². The third-order valence-corrected chi connectivity index (χ3v) is 21.7. The first-order chi connectivity index (χ1) is 38.5. The van der Waals surface area contributed by atoms with Gasteiger partial charge in [0.2, 0.25) is 0 Å². The molecular weight excluding hydrogens is 1120 g/mol. The molecule has 21 atom stereocenters. The molecule has 0 amide bonds. The van der Waals surface area contributed by atoms with Gasteiger partial charge in [0, 0.05) is 63.7 Å². The molecule has 0 N–H and O–H groups in total. The smallest absolute Gasteiger partial charge is 0.347 e. The third-order valence-electron chi connectivity index (χ3n) is 18.2. The highest BCUT2D eigenvalue weighted by molar-refractivity contribution is 7.88. The van der Waals surface area contributed by atoms with Crippen molar-refractivity contribution in [2.45, 2.75) is 158 Å². The second-order valence-electron chi connectivity index (χ2n) is 24.0. The van der Waals surface area contributed by atoms with Crippen LogP contribution < -0.4 is 0 Å². The number of hydrogen-bond donors (Lipinski definition) is 0. The van der Waals surface area contributed by atoms with Crippen molar-refractivity contribution in [3.05, 3.63) is 48.6 Å². The number of carbonyl (C=O) groups excluding carboxylic acids is 9. The number of rotatable bonds is 14. The molecule has 0 aromatic heterocycles. The molecular formula is C56H70O24S2. The first-order valence-corrected chi connectivity index (χ1v) is 30.6. The third kappa shape index (κ3) is 12.3. The quantitative estimate of drug-likeness (QED) is 0.104. The van der Waals surface area contributed by atoms with E-state index in [4.69, 9.17) is 51.0 Å². The summed E-state index contributed by atoms with van der Waals surface area (Å²) in [5, 5.41) is -0.839. The van der Waals surface area contributed by atoms with Gasteiger partial charge < -0.3 is 42.6 Å². The Balaban J connectivity index is 0.000000132. The molecule has 0 spiro atoms. The number of carbonyl (C=O) groups is 9. The lowest BCUT2D eigenvalue weighted by Crippen LogP contribution is -2.45. The Kier molecular flexibility index (Phi) is 17.4. The van der Waals surface area contributed by atoms with Gasteiger partial charge in [-0.15, -0.1) is 0 Å². The minimum absolute atomic E-state index is 0.00733. The van der Waals surface area contributed by atoms with Crippen molar-refractivity contribution in [3.8, 4) is 0 Å². The fraction of sp³-hybridized carbons (Fsp3) is 0.696. The van der Waals surface area contributed by atoms with Crippen molar-refractivity contribution >= 4 is 74.0 Å². The van der Waals surface area contributed by atoms with Crippen LogP contribution in [0.5, 0.6) is 0 Å². The van der Waals surface area contributed by atoms with E-state index < -0.39 is 117 Å². The summed E-state index contributed by atoms with van der Waals surface area (Å²) < 4.78 is 104. The molecule has 13 fully saturated rings. The van der Waals surface area contributed by atoms with Gasteiger partial charge in [0.1, 0.15) is 42.7 Å². The van der Waals surface area contributed by atoms with E-state index in [1.165, 1.54) is 27.7 Å². The number of fused-ring (bicyclic) bond motifs is 8. The summed E-state index contributed by atoms with van der Waals surface area (Å²) in [6, 6.07) is 0. The van der Waals surface area contributed by atoms with Crippen molar-refractivity contribution in [2.75, 3.05) is 19.8 Å². The standard InChI is InChI=1S/C16H20O6.C15H18O6.C14H18O7S.C11H14O5S/c1-8(2)15(18)20-7-13(17)22-14-10-3-9-4-11(6-10)16(19)21-12(14)5-9;1-7(2)14(17)20-6-12(16)21-11-4-8-3-9(11)13-10(8)5-19-15(13)18;1-6(2)13(15)19-7(3)14(16)20-11-8-4-9-10(5-8)22(17,18)21-12(9)11;1-5(2)11(12)15-9-6-3-7-8(4-6)17(13,14)16-10(7)9/h9-12,14H,1,3-7H2,2H3;8-11,13H,1,3-6H2,2H3;7-12H,1,4-5H2,2-3H3;6-10H,1,3-4H2,2H3. The van der Waals surface area contributed by atoms with Crippen LogP contribution in [0.1, 0.15) is 98.8 Å². The fourth-order valence-electron chi connectivity index (χ4n) is 14.6. The van der Waals surface area contributed by atoms with Gasteiger partial charge in [0.15, 0.2) is 19.3 Å². The molecule has 5 saturated heterocycles. The summed E-state index contributed by atoms with van der Waals surface area (Å²) in [6.45, 7) is 21.0. The van der Waals surface area contributed by atoms with Crippen molar-refractivity contribution in [1.82, 2.24) is 0 Å². The normalized spacial score (nSPS) is 38.4. The predicted octanol–water partition coefficient (Wildman–Crippen LogP) is 3.38. The van der Waals surface area contributed by atoms with E-state index in [0.29, 0.717) is 49.2 Å². The van der Waals surface area contributed by atoms with Gasteiger partial charge in [-0.2, -0.15) is 16.8 Å². The Morgan fingerprint density at radius 2 is 1.05 bits per heavy atom. The molecule has 8 aliphatic carbocycles. The highest BCUT2D eigenvalue weighted by Crippen LogP contribution is 2.58. The molecule has 5 heterocycles. The van der Waals surface area contributed by atoms with Gasteiger partial charge in [-0.3, -0.25) is 18.0 Å². The van der Waals surface area contributed by atoms with Crippen molar-refractivity contribution < 1.29 is 111 Å². The van der Waals surface area contributed by atoms with Crippen LogP contribution in [0.25, 0.3) is 0 Å².